The zero-order valence-corrected chi connectivity index (χ0v) is 8.24. The van der Waals surface area contributed by atoms with E-state index in [1.54, 1.807) is 0 Å². The zero-order chi connectivity index (χ0) is 9.14. The third-order valence-corrected chi connectivity index (χ3v) is 2.31. The number of aromatic nitrogens is 1. The van der Waals surface area contributed by atoms with Gasteiger partial charge < -0.3 is 0 Å². The molecule has 0 saturated carbocycles. The largest absolute Gasteiger partial charge is 0.266 e. The van der Waals surface area contributed by atoms with E-state index in [0.29, 0.717) is 5.56 Å². The summed E-state index contributed by atoms with van der Waals surface area (Å²) in [7, 11) is 0. The summed E-state index contributed by atoms with van der Waals surface area (Å²) < 4.78 is 24.9. The van der Waals surface area contributed by atoms with Crippen LogP contribution in [-0.4, -0.2) is 4.98 Å². The molecule has 0 aliphatic carbocycles. The van der Waals surface area contributed by atoms with E-state index in [-0.39, 0.29) is 16.0 Å². The quantitative estimate of drug-likeness (QED) is 0.583. The van der Waals surface area contributed by atoms with Crippen molar-refractivity contribution in [2.24, 2.45) is 0 Å². The number of nitrogens with zero attached hydrogens (tertiary/aromatic N) is 1. The van der Waals surface area contributed by atoms with Gasteiger partial charge in [-0.3, -0.25) is 0 Å². The molecule has 0 radical (unpaired) electrons. The number of hydrogen-bond acceptors (Lipinski definition) is 1. The molecule has 0 aromatic carbocycles. The molecule has 0 saturated heterocycles. The Labute approximate surface area is 81.9 Å². The smallest absolute Gasteiger partial charge is 0.249 e. The van der Waals surface area contributed by atoms with Gasteiger partial charge in [-0.1, -0.05) is 0 Å². The average molecular weight is 256 g/mol. The van der Waals surface area contributed by atoms with Gasteiger partial charge in [0.25, 0.3) is 6.43 Å². The van der Waals surface area contributed by atoms with Crippen molar-refractivity contribution < 1.29 is 8.78 Å². The number of rotatable bonds is 2. The molecule has 1 nitrogen and oxygen atoms in total. The molecule has 0 amide bonds. The van der Waals surface area contributed by atoms with E-state index in [9.17, 15) is 8.78 Å². The lowest BCUT2D eigenvalue weighted by Crippen LogP contribution is -1.95. The average Bonchev–Trinajstić information content (AvgIpc) is 2.03. The van der Waals surface area contributed by atoms with Crippen molar-refractivity contribution in [1.82, 2.24) is 4.98 Å². The van der Waals surface area contributed by atoms with Crippen LogP contribution in [0.5, 0.6) is 0 Å². The van der Waals surface area contributed by atoms with E-state index in [1.165, 1.54) is 12.3 Å². The van der Waals surface area contributed by atoms with E-state index in [0.717, 1.165) is 0 Å². The molecule has 0 spiro atoms. The second kappa shape index (κ2) is 4.14. The van der Waals surface area contributed by atoms with Crippen molar-refractivity contribution in [3.8, 4) is 0 Å². The predicted octanol–water partition coefficient (Wildman–Crippen LogP) is 3.52. The van der Waals surface area contributed by atoms with Gasteiger partial charge in [-0.25, -0.2) is 13.8 Å². The summed E-state index contributed by atoms with van der Waals surface area (Å²) in [6, 6.07) is 1.49. The van der Waals surface area contributed by atoms with Gasteiger partial charge in [0.1, 0.15) is 4.60 Å². The van der Waals surface area contributed by atoms with Crippen molar-refractivity contribution in [2.45, 2.75) is 12.3 Å². The fourth-order valence-electron chi connectivity index (χ4n) is 0.831. The molecule has 66 valence electrons. The summed E-state index contributed by atoms with van der Waals surface area (Å²) in [6.45, 7) is 0. The first-order chi connectivity index (χ1) is 5.66. The van der Waals surface area contributed by atoms with Crippen LogP contribution in [0.25, 0.3) is 0 Å². The molecule has 1 rings (SSSR count). The van der Waals surface area contributed by atoms with E-state index < -0.39 is 6.43 Å². The van der Waals surface area contributed by atoms with Gasteiger partial charge in [0.15, 0.2) is 0 Å². The molecular formula is C7H5BrClF2N. The van der Waals surface area contributed by atoms with Gasteiger partial charge in [0.05, 0.1) is 5.56 Å². The maximum atomic E-state index is 12.3. The highest BCUT2D eigenvalue weighted by Crippen LogP contribution is 2.29. The van der Waals surface area contributed by atoms with Crippen LogP contribution in [0.1, 0.15) is 17.6 Å². The lowest BCUT2D eigenvalue weighted by Gasteiger charge is -2.06. The van der Waals surface area contributed by atoms with Crippen LogP contribution in [0, 0.1) is 0 Å². The van der Waals surface area contributed by atoms with E-state index in [2.05, 4.69) is 20.9 Å². The molecule has 0 aliphatic rings. The molecule has 1 aromatic heterocycles. The van der Waals surface area contributed by atoms with Crippen LogP contribution in [-0.2, 0) is 5.88 Å². The fraction of sp³-hybridized carbons (Fsp3) is 0.286. The molecule has 0 N–H and O–H groups in total. The number of halogens is 4. The number of hydrogen-bond donors (Lipinski definition) is 0. The molecule has 0 bridgehead atoms. The molecular weight excluding hydrogens is 251 g/mol. The monoisotopic (exact) mass is 255 g/mol. The second-order valence-electron chi connectivity index (χ2n) is 2.11. The Kier molecular flexibility index (Phi) is 3.40. The molecule has 1 heterocycles. The third kappa shape index (κ3) is 1.93. The minimum absolute atomic E-state index is 0.0702. The summed E-state index contributed by atoms with van der Waals surface area (Å²) in [4.78, 5) is 3.69. The van der Waals surface area contributed by atoms with Gasteiger partial charge in [-0.2, -0.15) is 0 Å². The van der Waals surface area contributed by atoms with E-state index in [4.69, 9.17) is 11.6 Å². The topological polar surface area (TPSA) is 12.9 Å². The van der Waals surface area contributed by atoms with Crippen LogP contribution in [0.4, 0.5) is 8.78 Å². The van der Waals surface area contributed by atoms with Crippen LogP contribution in [0.15, 0.2) is 16.9 Å². The standard InChI is InChI=1S/C7H5BrClF2N/c8-6-5(7(10)11)4(3-9)1-2-12-6/h1-2,7H,3H2. The normalized spacial score (nSPS) is 10.8. The Morgan fingerprint density at radius 3 is 2.67 bits per heavy atom. The number of pyridine rings is 1. The Bertz CT molecular complexity index is 280. The number of alkyl halides is 3. The van der Waals surface area contributed by atoms with Gasteiger partial charge in [0.2, 0.25) is 0 Å². The van der Waals surface area contributed by atoms with Crippen LogP contribution in [0.3, 0.4) is 0 Å². The lowest BCUT2D eigenvalue weighted by atomic mass is 10.2. The Balaban J connectivity index is 3.20. The molecule has 0 atom stereocenters. The van der Waals surface area contributed by atoms with Crippen molar-refractivity contribution >= 4 is 27.5 Å². The SMILES string of the molecule is FC(F)c1c(CCl)ccnc1Br. The fourth-order valence-corrected chi connectivity index (χ4v) is 1.61. The minimum Gasteiger partial charge on any atom is -0.249 e. The summed E-state index contributed by atoms with van der Waals surface area (Å²) in [5.74, 6) is 0.0702. The molecule has 0 aliphatic heterocycles. The molecule has 12 heavy (non-hydrogen) atoms. The van der Waals surface area contributed by atoms with Gasteiger partial charge in [0, 0.05) is 12.1 Å². The van der Waals surface area contributed by atoms with E-state index >= 15 is 0 Å². The third-order valence-electron chi connectivity index (χ3n) is 1.39. The van der Waals surface area contributed by atoms with Gasteiger partial charge in [-0.05, 0) is 27.6 Å². The van der Waals surface area contributed by atoms with Crippen LogP contribution < -0.4 is 0 Å². The summed E-state index contributed by atoms with van der Waals surface area (Å²) >= 11 is 8.40. The Morgan fingerprint density at radius 1 is 1.58 bits per heavy atom. The first-order valence-corrected chi connectivity index (χ1v) is 4.47. The summed E-state index contributed by atoms with van der Waals surface area (Å²) in [5, 5.41) is 0. The van der Waals surface area contributed by atoms with Crippen molar-refractivity contribution in [1.29, 1.82) is 0 Å². The van der Waals surface area contributed by atoms with E-state index in [1.807, 2.05) is 0 Å². The highest BCUT2D eigenvalue weighted by atomic mass is 79.9. The predicted molar refractivity (Wildman–Crippen MR) is 46.5 cm³/mol. The minimum atomic E-state index is -2.54. The molecule has 1 aromatic rings. The highest BCUT2D eigenvalue weighted by molar-refractivity contribution is 9.10. The maximum Gasteiger partial charge on any atom is 0.266 e. The Hall–Kier alpha value is -0.220. The first kappa shape index (κ1) is 9.86. The molecule has 0 unspecified atom stereocenters. The summed E-state index contributed by atoms with van der Waals surface area (Å²) in [5.41, 5.74) is 0.293. The second-order valence-corrected chi connectivity index (χ2v) is 3.13. The van der Waals surface area contributed by atoms with Gasteiger partial charge >= 0.3 is 0 Å². The lowest BCUT2D eigenvalue weighted by molar-refractivity contribution is 0.149. The zero-order valence-electron chi connectivity index (χ0n) is 5.90. The molecule has 5 heteroatoms. The summed E-state index contributed by atoms with van der Waals surface area (Å²) in [6.07, 6.45) is -1.10. The van der Waals surface area contributed by atoms with Crippen LogP contribution in [0.2, 0.25) is 0 Å². The van der Waals surface area contributed by atoms with Crippen LogP contribution >= 0.6 is 27.5 Å². The first-order valence-electron chi connectivity index (χ1n) is 3.14. The van der Waals surface area contributed by atoms with Crippen molar-refractivity contribution in [3.63, 3.8) is 0 Å². The van der Waals surface area contributed by atoms with Crippen molar-refractivity contribution in [3.05, 3.63) is 28.0 Å². The van der Waals surface area contributed by atoms with Crippen molar-refractivity contribution in [2.75, 3.05) is 0 Å². The molecule has 0 fully saturated rings. The maximum absolute atomic E-state index is 12.3. The highest BCUT2D eigenvalue weighted by Gasteiger charge is 2.16. The Morgan fingerprint density at radius 2 is 2.25 bits per heavy atom. The van der Waals surface area contributed by atoms with Gasteiger partial charge in [-0.15, -0.1) is 11.6 Å².